The van der Waals surface area contributed by atoms with Gasteiger partial charge in [0.1, 0.15) is 11.1 Å². The molecule has 1 unspecified atom stereocenters. The largest absolute Gasteiger partial charge is 0.461 e. The molecule has 2 rings (SSSR count). The molecule has 0 amide bonds. The fourth-order valence-electron chi connectivity index (χ4n) is 1.67. The summed E-state index contributed by atoms with van der Waals surface area (Å²) in [5, 5.41) is 4.09. The Morgan fingerprint density at radius 1 is 1.71 bits per heavy atom. The SMILES string of the molecule is CCOC(=O)c1nc(C2CNCCO2)sc1C. The van der Waals surface area contributed by atoms with Crippen LogP contribution in [-0.4, -0.2) is 37.3 Å². The van der Waals surface area contributed by atoms with Crippen molar-refractivity contribution in [3.8, 4) is 0 Å². The molecular weight excluding hydrogens is 240 g/mol. The molecule has 1 N–H and O–H groups in total. The number of esters is 1. The lowest BCUT2D eigenvalue weighted by Gasteiger charge is -2.21. The number of rotatable bonds is 3. The number of hydrogen-bond donors (Lipinski definition) is 1. The van der Waals surface area contributed by atoms with Gasteiger partial charge in [0.2, 0.25) is 0 Å². The lowest BCUT2D eigenvalue weighted by atomic mass is 10.3. The van der Waals surface area contributed by atoms with Gasteiger partial charge in [0.15, 0.2) is 5.69 Å². The average Bonchev–Trinajstić information content (AvgIpc) is 2.73. The Kier molecular flexibility index (Phi) is 4.09. The number of nitrogens with zero attached hydrogens (tertiary/aromatic N) is 1. The number of aromatic nitrogens is 1. The second-order valence-electron chi connectivity index (χ2n) is 3.74. The Morgan fingerprint density at radius 2 is 2.53 bits per heavy atom. The van der Waals surface area contributed by atoms with Crippen molar-refractivity contribution in [1.82, 2.24) is 10.3 Å². The second-order valence-corrected chi connectivity index (χ2v) is 4.98. The molecule has 6 heteroatoms. The predicted octanol–water partition coefficient (Wildman–Crippen LogP) is 1.29. The maximum atomic E-state index is 11.6. The van der Waals surface area contributed by atoms with Gasteiger partial charge in [-0.1, -0.05) is 0 Å². The molecule has 1 aromatic rings. The fraction of sp³-hybridized carbons (Fsp3) is 0.636. The van der Waals surface area contributed by atoms with E-state index in [4.69, 9.17) is 9.47 Å². The second kappa shape index (κ2) is 5.57. The summed E-state index contributed by atoms with van der Waals surface area (Å²) in [5.74, 6) is -0.351. The Balaban J connectivity index is 2.14. The predicted molar refractivity (Wildman–Crippen MR) is 64.4 cm³/mol. The lowest BCUT2D eigenvalue weighted by Crippen LogP contribution is -2.33. The maximum absolute atomic E-state index is 11.6. The van der Waals surface area contributed by atoms with Crippen LogP contribution in [0.25, 0.3) is 0 Å². The first kappa shape index (κ1) is 12.5. The van der Waals surface area contributed by atoms with E-state index in [0.29, 0.717) is 18.9 Å². The Hall–Kier alpha value is -0.980. The zero-order chi connectivity index (χ0) is 12.3. The third-order valence-electron chi connectivity index (χ3n) is 2.48. The monoisotopic (exact) mass is 256 g/mol. The van der Waals surface area contributed by atoms with Gasteiger partial charge in [-0.3, -0.25) is 0 Å². The minimum absolute atomic E-state index is 0.0457. The normalized spacial score (nSPS) is 20.2. The maximum Gasteiger partial charge on any atom is 0.358 e. The zero-order valence-corrected chi connectivity index (χ0v) is 10.8. The molecule has 0 aliphatic carbocycles. The highest BCUT2D eigenvalue weighted by molar-refractivity contribution is 7.11. The van der Waals surface area contributed by atoms with Crippen molar-refractivity contribution in [1.29, 1.82) is 0 Å². The molecule has 0 saturated carbocycles. The summed E-state index contributed by atoms with van der Waals surface area (Å²) in [6.07, 6.45) is -0.0457. The number of carbonyl (C=O) groups excluding carboxylic acids is 1. The molecule has 1 saturated heterocycles. The van der Waals surface area contributed by atoms with Crippen LogP contribution in [0.3, 0.4) is 0 Å². The van der Waals surface area contributed by atoms with Crippen LogP contribution in [0, 0.1) is 6.92 Å². The summed E-state index contributed by atoms with van der Waals surface area (Å²) in [6, 6.07) is 0. The highest BCUT2D eigenvalue weighted by atomic mass is 32.1. The molecule has 1 aromatic heterocycles. The van der Waals surface area contributed by atoms with E-state index in [1.165, 1.54) is 11.3 Å². The van der Waals surface area contributed by atoms with Crippen LogP contribution in [0.2, 0.25) is 0 Å². The van der Waals surface area contributed by atoms with E-state index < -0.39 is 0 Å². The van der Waals surface area contributed by atoms with Gasteiger partial charge in [-0.15, -0.1) is 11.3 Å². The summed E-state index contributed by atoms with van der Waals surface area (Å²) in [5.41, 5.74) is 0.418. The minimum Gasteiger partial charge on any atom is -0.461 e. The summed E-state index contributed by atoms with van der Waals surface area (Å²) >= 11 is 1.50. The first-order valence-electron chi connectivity index (χ1n) is 5.69. The standard InChI is InChI=1S/C11H16N2O3S/c1-3-15-11(14)9-7(2)17-10(13-9)8-6-12-4-5-16-8/h8,12H,3-6H2,1-2H3. The summed E-state index contributed by atoms with van der Waals surface area (Å²) < 4.78 is 10.6. The fourth-order valence-corrected chi connectivity index (χ4v) is 2.63. The molecule has 0 bridgehead atoms. The number of thiazole rings is 1. The molecule has 1 atom stereocenters. The van der Waals surface area contributed by atoms with Gasteiger partial charge in [0.05, 0.1) is 13.2 Å². The topological polar surface area (TPSA) is 60.5 Å². The van der Waals surface area contributed by atoms with Gasteiger partial charge in [-0.25, -0.2) is 9.78 Å². The van der Waals surface area contributed by atoms with Crippen molar-refractivity contribution in [3.05, 3.63) is 15.6 Å². The van der Waals surface area contributed by atoms with Gasteiger partial charge in [-0.05, 0) is 13.8 Å². The third kappa shape index (κ3) is 2.83. The molecule has 0 aromatic carbocycles. The van der Waals surface area contributed by atoms with Crippen molar-refractivity contribution >= 4 is 17.3 Å². The number of morpholine rings is 1. The Labute approximate surface area is 104 Å². The number of nitrogens with one attached hydrogen (secondary N) is 1. The quantitative estimate of drug-likeness (QED) is 0.826. The Bertz CT molecular complexity index is 399. The van der Waals surface area contributed by atoms with Crippen molar-refractivity contribution in [2.75, 3.05) is 26.3 Å². The molecule has 1 fully saturated rings. The average molecular weight is 256 g/mol. The molecule has 0 spiro atoms. The van der Waals surface area contributed by atoms with E-state index in [1.807, 2.05) is 6.92 Å². The van der Waals surface area contributed by atoms with Crippen molar-refractivity contribution in [2.24, 2.45) is 0 Å². The first-order chi connectivity index (χ1) is 8.22. The van der Waals surface area contributed by atoms with Crippen LogP contribution in [-0.2, 0) is 9.47 Å². The molecule has 2 heterocycles. The van der Waals surface area contributed by atoms with Crippen LogP contribution < -0.4 is 5.32 Å². The molecular formula is C11H16N2O3S. The zero-order valence-electron chi connectivity index (χ0n) is 9.99. The van der Waals surface area contributed by atoms with Crippen molar-refractivity contribution in [2.45, 2.75) is 20.0 Å². The number of carbonyl (C=O) groups is 1. The van der Waals surface area contributed by atoms with Crippen LogP contribution in [0.15, 0.2) is 0 Å². The number of aryl methyl sites for hydroxylation is 1. The van der Waals surface area contributed by atoms with Gasteiger partial charge < -0.3 is 14.8 Å². The van der Waals surface area contributed by atoms with E-state index >= 15 is 0 Å². The van der Waals surface area contributed by atoms with Gasteiger partial charge >= 0.3 is 5.97 Å². The highest BCUT2D eigenvalue weighted by Gasteiger charge is 2.23. The van der Waals surface area contributed by atoms with Gasteiger partial charge in [-0.2, -0.15) is 0 Å². The first-order valence-corrected chi connectivity index (χ1v) is 6.50. The van der Waals surface area contributed by atoms with Crippen molar-refractivity contribution < 1.29 is 14.3 Å². The third-order valence-corrected chi connectivity index (χ3v) is 3.55. The Morgan fingerprint density at radius 3 is 3.18 bits per heavy atom. The van der Waals surface area contributed by atoms with Crippen LogP contribution in [0.1, 0.15) is 33.4 Å². The van der Waals surface area contributed by atoms with Gasteiger partial charge in [0.25, 0.3) is 0 Å². The van der Waals surface area contributed by atoms with E-state index in [9.17, 15) is 4.79 Å². The summed E-state index contributed by atoms with van der Waals surface area (Å²) in [6.45, 7) is 6.32. The molecule has 1 aliphatic rings. The smallest absolute Gasteiger partial charge is 0.358 e. The summed E-state index contributed by atoms with van der Waals surface area (Å²) in [7, 11) is 0. The molecule has 0 radical (unpaired) electrons. The lowest BCUT2D eigenvalue weighted by molar-refractivity contribution is 0.0273. The van der Waals surface area contributed by atoms with E-state index in [1.54, 1.807) is 6.92 Å². The van der Waals surface area contributed by atoms with Crippen LogP contribution in [0.4, 0.5) is 0 Å². The summed E-state index contributed by atoms with van der Waals surface area (Å²) in [4.78, 5) is 16.8. The molecule has 1 aliphatic heterocycles. The van der Waals surface area contributed by atoms with Crippen LogP contribution >= 0.6 is 11.3 Å². The molecule has 5 nitrogen and oxygen atoms in total. The van der Waals surface area contributed by atoms with E-state index in [2.05, 4.69) is 10.3 Å². The molecule has 17 heavy (non-hydrogen) atoms. The van der Waals surface area contributed by atoms with Crippen LogP contribution in [0.5, 0.6) is 0 Å². The van der Waals surface area contributed by atoms with Crippen molar-refractivity contribution in [3.63, 3.8) is 0 Å². The van der Waals surface area contributed by atoms with E-state index in [0.717, 1.165) is 23.0 Å². The molecule has 94 valence electrons. The minimum atomic E-state index is -0.351. The number of ether oxygens (including phenoxy) is 2. The number of hydrogen-bond acceptors (Lipinski definition) is 6. The van der Waals surface area contributed by atoms with Gasteiger partial charge in [0, 0.05) is 18.0 Å². The highest BCUT2D eigenvalue weighted by Crippen LogP contribution is 2.26. The van der Waals surface area contributed by atoms with E-state index in [-0.39, 0.29) is 12.1 Å².